The minimum Gasteiger partial charge on any atom is -0.462 e. The van der Waals surface area contributed by atoms with Crippen LogP contribution in [0.15, 0.2) is 0 Å². The minimum absolute atomic E-state index is 0.106. The first-order chi connectivity index (χ1) is 39.0. The normalized spacial score (nSPS) is 14.3. The summed E-state index contributed by atoms with van der Waals surface area (Å²) in [5.41, 5.74) is 0. The van der Waals surface area contributed by atoms with Crippen molar-refractivity contribution in [2.45, 2.75) is 329 Å². The zero-order valence-electron chi connectivity index (χ0n) is 51.9. The van der Waals surface area contributed by atoms with Gasteiger partial charge in [-0.2, -0.15) is 0 Å². The number of phosphoric ester groups is 2. The van der Waals surface area contributed by atoms with Crippen LogP contribution >= 0.6 is 15.6 Å². The monoisotopic (exact) mass is 1200 g/mol. The Balaban J connectivity index is 5.22. The van der Waals surface area contributed by atoms with Crippen LogP contribution in [-0.4, -0.2) is 96.7 Å². The zero-order valence-corrected chi connectivity index (χ0v) is 53.7. The topological polar surface area (TPSA) is 237 Å². The van der Waals surface area contributed by atoms with E-state index in [0.717, 1.165) is 102 Å². The Hall–Kier alpha value is -1.94. The van der Waals surface area contributed by atoms with E-state index in [-0.39, 0.29) is 25.7 Å². The van der Waals surface area contributed by atoms with Crippen LogP contribution in [0, 0.1) is 5.92 Å². The SMILES string of the molecule is CCCCCCCCCCCCCCC(=O)OC[C@H](COP(=O)(O)OC[C@@H](O)COP(=O)(O)OC[C@@H](COC(=O)CCCCCCCCCC)OC(=O)CCCCCCCCCCC)OC(=O)CCCCCCCCCCCC(C)C. The molecule has 0 aromatic rings. The van der Waals surface area contributed by atoms with E-state index in [1.807, 2.05) is 0 Å². The fourth-order valence-corrected chi connectivity index (χ4v) is 10.8. The van der Waals surface area contributed by atoms with Gasteiger partial charge < -0.3 is 33.8 Å². The smallest absolute Gasteiger partial charge is 0.462 e. The molecule has 0 aromatic heterocycles. The Morgan fingerprint density at radius 3 is 0.840 bits per heavy atom. The second-order valence-electron chi connectivity index (χ2n) is 22.9. The number of phosphoric acid groups is 2. The van der Waals surface area contributed by atoms with Crippen molar-refractivity contribution in [2.75, 3.05) is 39.6 Å². The van der Waals surface area contributed by atoms with Gasteiger partial charge in [-0.15, -0.1) is 0 Å². The lowest BCUT2D eigenvalue weighted by molar-refractivity contribution is -0.161. The van der Waals surface area contributed by atoms with Crippen LogP contribution in [0.3, 0.4) is 0 Å². The molecule has 0 saturated heterocycles. The molecule has 0 aromatic carbocycles. The molecule has 0 aliphatic rings. The fourth-order valence-electron chi connectivity index (χ4n) is 9.23. The molecule has 0 aliphatic heterocycles. The van der Waals surface area contributed by atoms with Gasteiger partial charge in [0.25, 0.3) is 0 Å². The number of esters is 4. The summed E-state index contributed by atoms with van der Waals surface area (Å²) in [5, 5.41) is 10.5. The summed E-state index contributed by atoms with van der Waals surface area (Å²) in [6.45, 7) is 7.12. The van der Waals surface area contributed by atoms with E-state index in [1.165, 1.54) is 128 Å². The lowest BCUT2D eigenvalue weighted by Crippen LogP contribution is -2.30. The molecule has 0 heterocycles. The standard InChI is InChI=1S/C62H120O17P2/c1-6-9-12-15-18-21-22-23-27-31-36-41-46-60(65)73-52-58(79-62(67)48-43-38-33-28-24-26-29-34-39-44-55(4)5)54-77-81(70,71)75-50-56(63)49-74-80(68,69)76-53-57(51-72-59(64)45-40-35-30-20-17-14-11-8-3)78-61(66)47-42-37-32-25-19-16-13-10-7-2/h55-58,63H,6-54H2,1-5H3,(H,68,69)(H,70,71)/t56-,57+,58+/m0/s1. The van der Waals surface area contributed by atoms with Crippen molar-refractivity contribution in [2.24, 2.45) is 5.92 Å². The summed E-state index contributed by atoms with van der Waals surface area (Å²) < 4.78 is 67.8. The number of hydrogen-bond donors (Lipinski definition) is 3. The van der Waals surface area contributed by atoms with Crippen LogP contribution in [0.4, 0.5) is 0 Å². The Bertz CT molecular complexity index is 1580. The average molecular weight is 1200 g/mol. The lowest BCUT2D eigenvalue weighted by Gasteiger charge is -2.21. The van der Waals surface area contributed by atoms with Crippen molar-refractivity contribution in [1.82, 2.24) is 0 Å². The van der Waals surface area contributed by atoms with Gasteiger partial charge in [0.15, 0.2) is 12.2 Å². The van der Waals surface area contributed by atoms with E-state index in [1.54, 1.807) is 0 Å². The maximum absolute atomic E-state index is 13.0. The van der Waals surface area contributed by atoms with Crippen LogP contribution in [0.25, 0.3) is 0 Å². The van der Waals surface area contributed by atoms with E-state index in [9.17, 15) is 43.2 Å². The first-order valence-electron chi connectivity index (χ1n) is 32.6. The summed E-state index contributed by atoms with van der Waals surface area (Å²) in [4.78, 5) is 72.0. The van der Waals surface area contributed by atoms with Crippen molar-refractivity contribution in [3.63, 3.8) is 0 Å². The highest BCUT2D eigenvalue weighted by Gasteiger charge is 2.30. The van der Waals surface area contributed by atoms with E-state index in [2.05, 4.69) is 34.6 Å². The van der Waals surface area contributed by atoms with Crippen LogP contribution in [-0.2, 0) is 65.4 Å². The molecule has 17 nitrogen and oxygen atoms in total. The maximum Gasteiger partial charge on any atom is 0.472 e. The minimum atomic E-state index is -4.94. The number of unbranched alkanes of at least 4 members (excludes halogenated alkanes) is 34. The molecule has 5 atom stereocenters. The van der Waals surface area contributed by atoms with Crippen molar-refractivity contribution >= 4 is 39.5 Å². The first-order valence-corrected chi connectivity index (χ1v) is 35.6. The van der Waals surface area contributed by atoms with Gasteiger partial charge in [0.2, 0.25) is 0 Å². The molecule has 0 fully saturated rings. The summed E-state index contributed by atoms with van der Waals surface area (Å²) >= 11 is 0. The summed E-state index contributed by atoms with van der Waals surface area (Å²) in [5.74, 6) is -1.40. The average Bonchev–Trinajstić information content (AvgIpc) is 3.44. The fraction of sp³-hybridized carbons (Fsp3) is 0.935. The third kappa shape index (κ3) is 56.9. The highest BCUT2D eigenvalue weighted by Crippen LogP contribution is 2.45. The Morgan fingerprint density at radius 2 is 0.568 bits per heavy atom. The zero-order chi connectivity index (χ0) is 59.9. The maximum atomic E-state index is 13.0. The van der Waals surface area contributed by atoms with Gasteiger partial charge in [0.1, 0.15) is 19.3 Å². The molecule has 0 amide bonds. The van der Waals surface area contributed by atoms with Crippen molar-refractivity contribution in [3.05, 3.63) is 0 Å². The summed E-state index contributed by atoms with van der Waals surface area (Å²) in [6, 6.07) is 0. The van der Waals surface area contributed by atoms with E-state index in [4.69, 9.17) is 37.0 Å². The highest BCUT2D eigenvalue weighted by molar-refractivity contribution is 7.47. The molecule has 0 spiro atoms. The van der Waals surface area contributed by atoms with Crippen LogP contribution in [0.2, 0.25) is 0 Å². The van der Waals surface area contributed by atoms with Gasteiger partial charge in [0, 0.05) is 25.7 Å². The van der Waals surface area contributed by atoms with Gasteiger partial charge in [-0.25, -0.2) is 9.13 Å². The second kappa shape index (κ2) is 55.9. The van der Waals surface area contributed by atoms with Gasteiger partial charge in [-0.05, 0) is 31.6 Å². The molecule has 480 valence electrons. The molecule has 19 heteroatoms. The van der Waals surface area contributed by atoms with Gasteiger partial charge in [-0.1, -0.05) is 259 Å². The van der Waals surface area contributed by atoms with Crippen molar-refractivity contribution in [3.8, 4) is 0 Å². The number of aliphatic hydroxyl groups is 1. The van der Waals surface area contributed by atoms with Crippen LogP contribution in [0.5, 0.6) is 0 Å². The van der Waals surface area contributed by atoms with E-state index in [0.29, 0.717) is 25.7 Å². The number of rotatable bonds is 62. The van der Waals surface area contributed by atoms with Crippen molar-refractivity contribution in [1.29, 1.82) is 0 Å². The predicted octanol–water partition coefficient (Wildman–Crippen LogP) is 17.0. The number of ether oxygens (including phenoxy) is 4. The lowest BCUT2D eigenvalue weighted by atomic mass is 10.0. The molecule has 0 bridgehead atoms. The number of carbonyl (C=O) groups excluding carboxylic acids is 4. The molecule has 0 aliphatic carbocycles. The van der Waals surface area contributed by atoms with Crippen molar-refractivity contribution < 1.29 is 80.2 Å². The van der Waals surface area contributed by atoms with Gasteiger partial charge >= 0.3 is 39.5 Å². The molecular weight excluding hydrogens is 1080 g/mol. The predicted molar refractivity (Wildman–Crippen MR) is 322 cm³/mol. The Kier molecular flexibility index (Phi) is 54.6. The quantitative estimate of drug-likeness (QED) is 0.0222. The second-order valence-corrected chi connectivity index (χ2v) is 25.8. The first kappa shape index (κ1) is 79.1. The van der Waals surface area contributed by atoms with E-state index < -0.39 is 97.5 Å². The molecule has 3 N–H and O–H groups in total. The Labute approximate surface area is 492 Å². The summed E-state index contributed by atoms with van der Waals surface area (Å²) in [7, 11) is -9.88. The molecule has 81 heavy (non-hydrogen) atoms. The summed E-state index contributed by atoms with van der Waals surface area (Å²) in [6.07, 6.45) is 38.9. The van der Waals surface area contributed by atoms with Gasteiger partial charge in [-0.3, -0.25) is 37.3 Å². The molecule has 0 saturated carbocycles. The molecular formula is C62H120O17P2. The molecule has 0 rings (SSSR count). The van der Waals surface area contributed by atoms with Crippen LogP contribution in [0.1, 0.15) is 311 Å². The number of aliphatic hydroxyl groups excluding tert-OH is 1. The van der Waals surface area contributed by atoms with E-state index >= 15 is 0 Å². The highest BCUT2D eigenvalue weighted by atomic mass is 31.2. The largest absolute Gasteiger partial charge is 0.472 e. The van der Waals surface area contributed by atoms with Crippen LogP contribution < -0.4 is 0 Å². The third-order valence-corrected chi connectivity index (χ3v) is 16.2. The Morgan fingerprint density at radius 1 is 0.333 bits per heavy atom. The molecule has 2 unspecified atom stereocenters. The number of hydrogen-bond acceptors (Lipinski definition) is 15. The number of carbonyl (C=O) groups is 4. The molecule has 0 radical (unpaired) electrons. The third-order valence-electron chi connectivity index (χ3n) is 14.3. The van der Waals surface area contributed by atoms with Gasteiger partial charge in [0.05, 0.1) is 26.4 Å².